The molecule has 1 aliphatic heterocycles. The minimum Gasteiger partial charge on any atom is -0.394 e. The molecule has 5 aromatic rings. The number of amides is 1. The second-order valence-electron chi connectivity index (χ2n) is 8.43. The summed E-state index contributed by atoms with van der Waals surface area (Å²) in [6, 6.07) is 14.5. The number of carbonyl (C=O) groups excluding carboxylic acids is 1. The Hall–Kier alpha value is -5.23. The molecule has 4 aromatic heterocycles. The average Bonchev–Trinajstić information content (AvgIpc) is 3.60. The maximum absolute atomic E-state index is 11.8. The quantitative estimate of drug-likeness (QED) is 0.244. The number of fused-ring (bicyclic) bond motifs is 1. The van der Waals surface area contributed by atoms with Crippen molar-refractivity contribution >= 4 is 23.4 Å². The summed E-state index contributed by atoms with van der Waals surface area (Å²) < 4.78 is 5.58. The summed E-state index contributed by atoms with van der Waals surface area (Å²) in [5.74, 6) is 1.20. The highest BCUT2D eigenvalue weighted by atomic mass is 16.5. The molecule has 0 saturated heterocycles. The number of hydrogen-bond acceptors (Lipinski definition) is 11. The molecular formula is C26H21N9O3. The predicted molar refractivity (Wildman–Crippen MR) is 137 cm³/mol. The lowest BCUT2D eigenvalue weighted by Gasteiger charge is -2.20. The van der Waals surface area contributed by atoms with E-state index in [2.05, 4.69) is 46.0 Å². The molecule has 0 fully saturated rings. The highest BCUT2D eigenvalue weighted by molar-refractivity contribution is 5.97. The maximum atomic E-state index is 11.8. The number of rotatable bonds is 8. The molecule has 1 aliphatic rings. The molecule has 38 heavy (non-hydrogen) atoms. The van der Waals surface area contributed by atoms with Gasteiger partial charge in [0.05, 0.1) is 41.7 Å². The van der Waals surface area contributed by atoms with Gasteiger partial charge in [-0.25, -0.2) is 15.0 Å². The van der Waals surface area contributed by atoms with Gasteiger partial charge in [-0.15, -0.1) is 0 Å². The van der Waals surface area contributed by atoms with Crippen molar-refractivity contribution in [2.45, 2.75) is 12.6 Å². The number of aliphatic hydroxyl groups is 1. The van der Waals surface area contributed by atoms with Crippen molar-refractivity contribution in [3.8, 4) is 22.8 Å². The van der Waals surface area contributed by atoms with Gasteiger partial charge in [-0.1, -0.05) is 35.5 Å². The van der Waals surface area contributed by atoms with Crippen LogP contribution < -0.4 is 16.0 Å². The summed E-state index contributed by atoms with van der Waals surface area (Å²) in [5, 5.41) is 23.4. The first-order valence-electron chi connectivity index (χ1n) is 11.8. The molecule has 5 heterocycles. The van der Waals surface area contributed by atoms with E-state index in [9.17, 15) is 9.90 Å². The first-order chi connectivity index (χ1) is 18.7. The summed E-state index contributed by atoms with van der Waals surface area (Å²) in [6.07, 6.45) is 6.38. The van der Waals surface area contributed by atoms with E-state index in [0.717, 1.165) is 11.1 Å². The first-order valence-corrected chi connectivity index (χ1v) is 11.8. The van der Waals surface area contributed by atoms with E-state index >= 15 is 0 Å². The molecule has 12 heteroatoms. The number of nitrogens with one attached hydrogen (secondary N) is 3. The Balaban J connectivity index is 1.35. The third-order valence-corrected chi connectivity index (χ3v) is 5.98. The van der Waals surface area contributed by atoms with Gasteiger partial charge in [0.15, 0.2) is 0 Å². The van der Waals surface area contributed by atoms with Crippen LogP contribution >= 0.6 is 0 Å². The van der Waals surface area contributed by atoms with Crippen molar-refractivity contribution in [2.75, 3.05) is 17.2 Å². The Morgan fingerprint density at radius 3 is 2.66 bits per heavy atom. The van der Waals surface area contributed by atoms with E-state index in [-0.39, 0.29) is 18.4 Å². The van der Waals surface area contributed by atoms with Crippen molar-refractivity contribution in [1.29, 1.82) is 0 Å². The van der Waals surface area contributed by atoms with Gasteiger partial charge in [-0.2, -0.15) is 4.98 Å². The van der Waals surface area contributed by atoms with Crippen LogP contribution in [0.2, 0.25) is 0 Å². The average molecular weight is 508 g/mol. The van der Waals surface area contributed by atoms with Gasteiger partial charge in [0.25, 0.3) is 11.8 Å². The second kappa shape index (κ2) is 10.0. The van der Waals surface area contributed by atoms with Crippen LogP contribution in [0, 0.1) is 0 Å². The molecule has 0 saturated carbocycles. The number of anilines is 3. The van der Waals surface area contributed by atoms with Gasteiger partial charge < -0.3 is 25.6 Å². The molecule has 12 nitrogen and oxygen atoms in total. The Kier molecular flexibility index (Phi) is 6.12. The van der Waals surface area contributed by atoms with E-state index in [1.54, 1.807) is 36.8 Å². The Labute approximate surface area is 216 Å². The van der Waals surface area contributed by atoms with Crippen LogP contribution in [0.15, 0.2) is 77.8 Å². The zero-order valence-corrected chi connectivity index (χ0v) is 19.9. The van der Waals surface area contributed by atoms with Crippen LogP contribution in [0.4, 0.5) is 17.5 Å². The standard InChI is InChI=1S/C26H21N9O3/c36-14-21(15-4-2-1-3-5-15)31-19-10-22(33-26-30-11-17-20(32-26)13-29-24(17)37)28-12-18(19)25-34-23(35-38-25)16-6-8-27-9-7-16/h1-12,21,36H,13-14H2,(H,29,37)(H2,28,30,31,32,33)/t21-/m1/s1. The smallest absolute Gasteiger partial charge is 0.261 e. The van der Waals surface area contributed by atoms with E-state index in [0.29, 0.717) is 46.6 Å². The Bertz CT molecular complexity index is 1590. The highest BCUT2D eigenvalue weighted by Crippen LogP contribution is 2.33. The minimum absolute atomic E-state index is 0.157. The number of carbonyl (C=O) groups is 1. The zero-order valence-electron chi connectivity index (χ0n) is 19.9. The van der Waals surface area contributed by atoms with E-state index < -0.39 is 6.04 Å². The molecule has 188 valence electrons. The molecular weight excluding hydrogens is 486 g/mol. The summed E-state index contributed by atoms with van der Waals surface area (Å²) in [7, 11) is 0. The van der Waals surface area contributed by atoms with Gasteiger partial charge in [-0.3, -0.25) is 9.78 Å². The normalized spacial score (nSPS) is 13.0. The Morgan fingerprint density at radius 1 is 1.03 bits per heavy atom. The van der Waals surface area contributed by atoms with Gasteiger partial charge in [0.2, 0.25) is 11.8 Å². The number of nitrogens with zero attached hydrogens (tertiary/aromatic N) is 6. The third kappa shape index (κ3) is 4.63. The molecule has 0 aliphatic carbocycles. The van der Waals surface area contributed by atoms with Gasteiger partial charge >= 0.3 is 0 Å². The van der Waals surface area contributed by atoms with Crippen LogP contribution in [0.1, 0.15) is 27.7 Å². The molecule has 6 rings (SSSR count). The monoisotopic (exact) mass is 507 g/mol. The fourth-order valence-electron chi connectivity index (χ4n) is 4.05. The number of hydrogen-bond donors (Lipinski definition) is 4. The Morgan fingerprint density at radius 2 is 1.84 bits per heavy atom. The molecule has 1 aromatic carbocycles. The predicted octanol–water partition coefficient (Wildman–Crippen LogP) is 3.12. The summed E-state index contributed by atoms with van der Waals surface area (Å²) in [6.45, 7) is 0.187. The fraction of sp³-hybridized carbons (Fsp3) is 0.115. The highest BCUT2D eigenvalue weighted by Gasteiger charge is 2.22. The largest absolute Gasteiger partial charge is 0.394 e. The number of aliphatic hydroxyl groups excluding tert-OH is 1. The topological polar surface area (TPSA) is 164 Å². The third-order valence-electron chi connectivity index (χ3n) is 5.98. The SMILES string of the molecule is O=C1NCc2nc(Nc3cc(N[C@H](CO)c4ccccc4)c(-c4nc(-c5ccncc5)no4)cn3)ncc21. The van der Waals surface area contributed by atoms with Gasteiger partial charge in [-0.05, 0) is 17.7 Å². The van der Waals surface area contributed by atoms with Crippen LogP contribution in [0.25, 0.3) is 22.8 Å². The second-order valence-corrected chi connectivity index (χ2v) is 8.43. The molecule has 0 unspecified atom stereocenters. The summed E-state index contributed by atoms with van der Waals surface area (Å²) in [4.78, 5) is 33.5. The van der Waals surface area contributed by atoms with Crippen LogP contribution in [-0.2, 0) is 6.54 Å². The van der Waals surface area contributed by atoms with E-state index in [4.69, 9.17) is 4.52 Å². The van der Waals surface area contributed by atoms with Crippen molar-refractivity contribution in [1.82, 2.24) is 35.4 Å². The molecule has 4 N–H and O–H groups in total. The number of pyridine rings is 2. The van der Waals surface area contributed by atoms with Crippen LogP contribution in [0.5, 0.6) is 0 Å². The van der Waals surface area contributed by atoms with Crippen LogP contribution in [-0.4, -0.2) is 47.7 Å². The molecule has 0 spiro atoms. The van der Waals surface area contributed by atoms with Crippen molar-refractivity contribution in [3.05, 3.63) is 90.1 Å². The maximum Gasteiger partial charge on any atom is 0.261 e. The first kappa shape index (κ1) is 23.2. The molecule has 1 amide bonds. The minimum atomic E-state index is -0.416. The zero-order chi connectivity index (χ0) is 25.9. The molecule has 0 bridgehead atoms. The van der Waals surface area contributed by atoms with Crippen molar-refractivity contribution in [2.24, 2.45) is 0 Å². The number of aromatic nitrogens is 6. The fourth-order valence-corrected chi connectivity index (χ4v) is 4.05. The number of benzene rings is 1. The van der Waals surface area contributed by atoms with Crippen molar-refractivity contribution in [3.63, 3.8) is 0 Å². The van der Waals surface area contributed by atoms with Gasteiger partial charge in [0.1, 0.15) is 5.82 Å². The summed E-state index contributed by atoms with van der Waals surface area (Å²) >= 11 is 0. The van der Waals surface area contributed by atoms with E-state index in [1.165, 1.54) is 6.20 Å². The van der Waals surface area contributed by atoms with Gasteiger partial charge in [0, 0.05) is 36.4 Å². The molecule has 1 atom stereocenters. The lowest BCUT2D eigenvalue weighted by Crippen LogP contribution is -2.15. The van der Waals surface area contributed by atoms with E-state index in [1.807, 2.05) is 30.3 Å². The molecule has 0 radical (unpaired) electrons. The summed E-state index contributed by atoms with van der Waals surface area (Å²) in [5.41, 5.74) is 3.86. The lowest BCUT2D eigenvalue weighted by atomic mass is 10.1. The van der Waals surface area contributed by atoms with Crippen molar-refractivity contribution < 1.29 is 14.4 Å². The lowest BCUT2D eigenvalue weighted by molar-refractivity contribution is 0.0965. The van der Waals surface area contributed by atoms with Crippen LogP contribution in [0.3, 0.4) is 0 Å².